The molecule has 0 bridgehead atoms. The van der Waals surface area contributed by atoms with E-state index in [4.69, 9.17) is 9.72 Å². The molecule has 5 heteroatoms. The maximum atomic E-state index is 5.41. The zero-order chi connectivity index (χ0) is 16.1. The summed E-state index contributed by atoms with van der Waals surface area (Å²) in [6.45, 7) is 9.67. The molecule has 2 saturated heterocycles. The quantitative estimate of drug-likeness (QED) is 0.780. The molecule has 0 N–H and O–H groups in total. The fourth-order valence-electron chi connectivity index (χ4n) is 3.59. The van der Waals surface area contributed by atoms with E-state index in [-0.39, 0.29) is 0 Å². The van der Waals surface area contributed by atoms with Crippen molar-refractivity contribution in [2.24, 2.45) is 5.92 Å². The zero-order valence-corrected chi connectivity index (χ0v) is 15.7. The molecule has 0 radical (unpaired) electrons. The van der Waals surface area contributed by atoms with Crippen LogP contribution in [0.15, 0.2) is 16.6 Å². The van der Waals surface area contributed by atoms with E-state index in [1.807, 2.05) is 0 Å². The Hall–Kier alpha value is -0.650. The molecular formula is C18H28BrN3O. The van der Waals surface area contributed by atoms with Gasteiger partial charge >= 0.3 is 0 Å². The van der Waals surface area contributed by atoms with Crippen molar-refractivity contribution < 1.29 is 4.74 Å². The SMILES string of the molecule is Cc1nc(N2CCC(CCCN3CCOCC3)CC2)ccc1Br. The molecule has 2 aliphatic heterocycles. The number of anilines is 1. The molecule has 0 amide bonds. The van der Waals surface area contributed by atoms with Gasteiger partial charge in [0.05, 0.1) is 18.9 Å². The smallest absolute Gasteiger partial charge is 0.128 e. The Kier molecular flexibility index (Phi) is 6.31. The number of aromatic nitrogens is 1. The monoisotopic (exact) mass is 381 g/mol. The molecule has 1 aromatic rings. The molecule has 0 aliphatic carbocycles. The highest BCUT2D eigenvalue weighted by Crippen LogP contribution is 2.26. The summed E-state index contributed by atoms with van der Waals surface area (Å²) in [4.78, 5) is 9.70. The molecule has 0 unspecified atom stereocenters. The van der Waals surface area contributed by atoms with Crippen molar-refractivity contribution in [1.29, 1.82) is 0 Å². The van der Waals surface area contributed by atoms with Gasteiger partial charge in [-0.1, -0.05) is 0 Å². The average molecular weight is 382 g/mol. The van der Waals surface area contributed by atoms with Gasteiger partial charge in [-0.3, -0.25) is 4.90 Å². The first kappa shape index (κ1) is 17.2. The van der Waals surface area contributed by atoms with Crippen LogP contribution in [0.4, 0.5) is 5.82 Å². The minimum atomic E-state index is 0.892. The van der Waals surface area contributed by atoms with Gasteiger partial charge in [-0.05, 0) is 73.1 Å². The van der Waals surface area contributed by atoms with E-state index in [1.165, 1.54) is 32.2 Å². The van der Waals surface area contributed by atoms with Crippen LogP contribution in [0.5, 0.6) is 0 Å². The minimum Gasteiger partial charge on any atom is -0.379 e. The standard InChI is InChI=1S/C18H28BrN3O/c1-15-17(19)4-5-18(20-15)22-9-6-16(7-10-22)3-2-8-21-11-13-23-14-12-21/h4-5,16H,2-3,6-14H2,1H3. The summed E-state index contributed by atoms with van der Waals surface area (Å²) >= 11 is 3.53. The molecule has 0 spiro atoms. The van der Waals surface area contributed by atoms with E-state index >= 15 is 0 Å². The van der Waals surface area contributed by atoms with Crippen molar-refractivity contribution in [2.75, 3.05) is 50.8 Å². The third kappa shape index (κ3) is 4.91. The Morgan fingerprint density at radius 1 is 1.17 bits per heavy atom. The van der Waals surface area contributed by atoms with Crippen LogP contribution < -0.4 is 4.90 Å². The Labute approximate surface area is 148 Å². The normalized spacial score (nSPS) is 20.9. The second-order valence-corrected chi connectivity index (χ2v) is 7.62. The van der Waals surface area contributed by atoms with E-state index in [0.29, 0.717) is 0 Å². The fraction of sp³-hybridized carbons (Fsp3) is 0.722. The molecule has 2 aliphatic rings. The molecule has 0 aromatic carbocycles. The number of rotatable bonds is 5. The molecule has 3 heterocycles. The maximum Gasteiger partial charge on any atom is 0.128 e. The first-order chi connectivity index (χ1) is 11.2. The molecule has 0 saturated carbocycles. The van der Waals surface area contributed by atoms with Crippen molar-refractivity contribution in [3.63, 3.8) is 0 Å². The molecule has 2 fully saturated rings. The van der Waals surface area contributed by atoms with Gasteiger partial charge < -0.3 is 9.64 Å². The number of aryl methyl sites for hydroxylation is 1. The third-order valence-corrected chi connectivity index (χ3v) is 5.97. The maximum absolute atomic E-state index is 5.41. The van der Waals surface area contributed by atoms with E-state index in [0.717, 1.165) is 61.3 Å². The topological polar surface area (TPSA) is 28.6 Å². The van der Waals surface area contributed by atoms with Crippen LogP contribution in [0.2, 0.25) is 0 Å². The van der Waals surface area contributed by atoms with Crippen molar-refractivity contribution in [3.8, 4) is 0 Å². The average Bonchev–Trinajstić information content (AvgIpc) is 2.59. The summed E-state index contributed by atoms with van der Waals surface area (Å²) in [5, 5.41) is 0. The van der Waals surface area contributed by atoms with Gasteiger partial charge in [-0.25, -0.2) is 4.98 Å². The lowest BCUT2D eigenvalue weighted by atomic mass is 9.92. The van der Waals surface area contributed by atoms with Crippen LogP contribution in [0, 0.1) is 12.8 Å². The highest BCUT2D eigenvalue weighted by atomic mass is 79.9. The summed E-state index contributed by atoms with van der Waals surface area (Å²) < 4.78 is 6.51. The first-order valence-electron chi connectivity index (χ1n) is 8.90. The van der Waals surface area contributed by atoms with Crippen LogP contribution in [-0.4, -0.2) is 55.8 Å². The summed E-state index contributed by atoms with van der Waals surface area (Å²) in [6.07, 6.45) is 5.32. The van der Waals surface area contributed by atoms with Gasteiger partial charge in [-0.15, -0.1) is 0 Å². The molecule has 0 atom stereocenters. The zero-order valence-electron chi connectivity index (χ0n) is 14.1. The number of hydrogen-bond acceptors (Lipinski definition) is 4. The number of nitrogens with zero attached hydrogens (tertiary/aromatic N) is 3. The predicted octanol–water partition coefficient (Wildman–Crippen LogP) is 3.48. The van der Waals surface area contributed by atoms with Gasteiger partial charge in [0.15, 0.2) is 0 Å². The summed E-state index contributed by atoms with van der Waals surface area (Å²) in [5.41, 5.74) is 1.08. The van der Waals surface area contributed by atoms with Crippen LogP contribution in [0.3, 0.4) is 0 Å². The van der Waals surface area contributed by atoms with E-state index in [2.05, 4.69) is 44.8 Å². The number of ether oxygens (including phenoxy) is 1. The number of morpholine rings is 1. The third-order valence-electron chi connectivity index (χ3n) is 5.14. The van der Waals surface area contributed by atoms with E-state index in [1.54, 1.807) is 0 Å². The second-order valence-electron chi connectivity index (χ2n) is 6.76. The van der Waals surface area contributed by atoms with Gasteiger partial charge in [0.1, 0.15) is 5.82 Å². The van der Waals surface area contributed by atoms with Crippen LogP contribution in [0.25, 0.3) is 0 Å². The van der Waals surface area contributed by atoms with Crippen molar-refractivity contribution in [2.45, 2.75) is 32.6 Å². The Bertz CT molecular complexity index is 497. The molecule has 128 valence electrons. The number of pyridine rings is 1. The van der Waals surface area contributed by atoms with Gasteiger partial charge in [0, 0.05) is 30.7 Å². The molecule has 1 aromatic heterocycles. The van der Waals surface area contributed by atoms with Crippen molar-refractivity contribution >= 4 is 21.7 Å². The summed E-state index contributed by atoms with van der Waals surface area (Å²) in [5.74, 6) is 2.03. The van der Waals surface area contributed by atoms with E-state index < -0.39 is 0 Å². The Morgan fingerprint density at radius 3 is 2.61 bits per heavy atom. The predicted molar refractivity (Wildman–Crippen MR) is 98.1 cm³/mol. The minimum absolute atomic E-state index is 0.892. The molecular weight excluding hydrogens is 354 g/mol. The largest absolute Gasteiger partial charge is 0.379 e. The second kappa shape index (κ2) is 8.45. The first-order valence-corrected chi connectivity index (χ1v) is 9.70. The van der Waals surface area contributed by atoms with Gasteiger partial charge in [0.2, 0.25) is 0 Å². The lowest BCUT2D eigenvalue weighted by Crippen LogP contribution is -2.37. The molecule has 23 heavy (non-hydrogen) atoms. The van der Waals surface area contributed by atoms with Crippen molar-refractivity contribution in [1.82, 2.24) is 9.88 Å². The van der Waals surface area contributed by atoms with E-state index in [9.17, 15) is 0 Å². The Morgan fingerprint density at radius 2 is 1.91 bits per heavy atom. The highest BCUT2D eigenvalue weighted by molar-refractivity contribution is 9.10. The molecule has 3 rings (SSSR count). The Balaban J connectivity index is 1.38. The lowest BCUT2D eigenvalue weighted by molar-refractivity contribution is 0.0365. The van der Waals surface area contributed by atoms with Crippen molar-refractivity contribution in [3.05, 3.63) is 22.3 Å². The molecule has 4 nitrogen and oxygen atoms in total. The lowest BCUT2D eigenvalue weighted by Gasteiger charge is -2.33. The number of halogens is 1. The fourth-order valence-corrected chi connectivity index (χ4v) is 3.81. The summed E-state index contributed by atoms with van der Waals surface area (Å²) in [6, 6.07) is 4.25. The summed E-state index contributed by atoms with van der Waals surface area (Å²) in [7, 11) is 0. The van der Waals surface area contributed by atoms with Crippen LogP contribution in [-0.2, 0) is 4.74 Å². The van der Waals surface area contributed by atoms with Crippen LogP contribution in [0.1, 0.15) is 31.4 Å². The number of hydrogen-bond donors (Lipinski definition) is 0. The van der Waals surface area contributed by atoms with Crippen LogP contribution >= 0.6 is 15.9 Å². The van der Waals surface area contributed by atoms with Gasteiger partial charge in [-0.2, -0.15) is 0 Å². The van der Waals surface area contributed by atoms with Gasteiger partial charge in [0.25, 0.3) is 0 Å². The number of piperidine rings is 1. The highest BCUT2D eigenvalue weighted by Gasteiger charge is 2.20.